The summed E-state index contributed by atoms with van der Waals surface area (Å²) in [4.78, 5) is 11.2. The molecule has 2 atom stereocenters. The van der Waals surface area contributed by atoms with Gasteiger partial charge in [-0.25, -0.2) is 9.97 Å². The fraction of sp³-hybridized carbons (Fsp3) is 0.625. The summed E-state index contributed by atoms with van der Waals surface area (Å²) in [5.74, 6) is 1.52. The van der Waals surface area contributed by atoms with Gasteiger partial charge in [0.05, 0.1) is 17.5 Å². The minimum Gasteiger partial charge on any atom is -0.394 e. The van der Waals surface area contributed by atoms with Crippen molar-refractivity contribution in [1.82, 2.24) is 9.97 Å². The third-order valence-corrected chi connectivity index (χ3v) is 5.86. The topological polar surface area (TPSA) is 58.0 Å². The molecule has 2 unspecified atom stereocenters. The number of nitrogens with one attached hydrogen (secondary N) is 1. The van der Waals surface area contributed by atoms with Crippen LogP contribution >= 0.6 is 11.3 Å². The second-order valence-electron chi connectivity index (χ2n) is 6.45. The van der Waals surface area contributed by atoms with Gasteiger partial charge in [0.1, 0.15) is 17.0 Å². The summed E-state index contributed by atoms with van der Waals surface area (Å²) >= 11 is 1.71. The van der Waals surface area contributed by atoms with Gasteiger partial charge in [0.15, 0.2) is 0 Å². The molecular weight excluding hydrogens is 282 g/mol. The van der Waals surface area contributed by atoms with Crippen LogP contribution in [-0.4, -0.2) is 27.2 Å². The molecule has 1 aliphatic rings. The molecule has 1 saturated carbocycles. The SMILES string of the molecule is Cc1sc2ncnc(NC3(CO)CCCC(C)C3)c2c1C. The first-order valence-electron chi connectivity index (χ1n) is 7.64. The van der Waals surface area contributed by atoms with E-state index in [0.29, 0.717) is 5.92 Å². The van der Waals surface area contributed by atoms with Gasteiger partial charge in [-0.3, -0.25) is 0 Å². The number of aryl methyl sites for hydroxylation is 2. The average molecular weight is 305 g/mol. The Balaban J connectivity index is 2.00. The molecule has 1 fully saturated rings. The van der Waals surface area contributed by atoms with Crippen molar-refractivity contribution < 1.29 is 5.11 Å². The van der Waals surface area contributed by atoms with Crippen LogP contribution in [0.2, 0.25) is 0 Å². The highest BCUT2D eigenvalue weighted by atomic mass is 32.1. The molecule has 21 heavy (non-hydrogen) atoms. The third-order valence-electron chi connectivity index (χ3n) is 4.74. The monoisotopic (exact) mass is 305 g/mol. The molecule has 4 nitrogen and oxygen atoms in total. The minimum atomic E-state index is -0.235. The van der Waals surface area contributed by atoms with Crippen molar-refractivity contribution in [2.45, 2.75) is 52.0 Å². The molecule has 0 bridgehead atoms. The van der Waals surface area contributed by atoms with Crippen molar-refractivity contribution in [3.63, 3.8) is 0 Å². The van der Waals surface area contributed by atoms with Gasteiger partial charge < -0.3 is 10.4 Å². The Morgan fingerprint density at radius 3 is 2.95 bits per heavy atom. The Hall–Kier alpha value is -1.20. The highest BCUT2D eigenvalue weighted by Gasteiger charge is 2.35. The fourth-order valence-corrected chi connectivity index (χ4v) is 4.48. The summed E-state index contributed by atoms with van der Waals surface area (Å²) in [6, 6.07) is 0. The molecule has 114 valence electrons. The lowest BCUT2D eigenvalue weighted by atomic mass is 9.77. The zero-order valence-corrected chi connectivity index (χ0v) is 13.8. The van der Waals surface area contributed by atoms with Crippen LogP contribution in [0.15, 0.2) is 6.33 Å². The molecule has 2 N–H and O–H groups in total. The van der Waals surface area contributed by atoms with E-state index < -0.39 is 0 Å². The highest BCUT2D eigenvalue weighted by molar-refractivity contribution is 7.18. The molecule has 2 aromatic rings. The summed E-state index contributed by atoms with van der Waals surface area (Å²) in [7, 11) is 0. The maximum Gasteiger partial charge on any atom is 0.138 e. The summed E-state index contributed by atoms with van der Waals surface area (Å²) in [5, 5.41) is 14.7. The number of hydrogen-bond acceptors (Lipinski definition) is 5. The third kappa shape index (κ3) is 2.64. The van der Waals surface area contributed by atoms with Crippen LogP contribution < -0.4 is 5.32 Å². The quantitative estimate of drug-likeness (QED) is 0.908. The first-order valence-corrected chi connectivity index (χ1v) is 8.46. The van der Waals surface area contributed by atoms with E-state index in [1.54, 1.807) is 17.7 Å². The van der Waals surface area contributed by atoms with Crippen molar-refractivity contribution in [1.29, 1.82) is 0 Å². The van der Waals surface area contributed by atoms with Crippen molar-refractivity contribution in [2.24, 2.45) is 5.92 Å². The lowest BCUT2D eigenvalue weighted by Crippen LogP contribution is -2.46. The van der Waals surface area contributed by atoms with E-state index in [9.17, 15) is 5.11 Å². The van der Waals surface area contributed by atoms with Gasteiger partial charge in [-0.1, -0.05) is 19.8 Å². The van der Waals surface area contributed by atoms with Crippen LogP contribution in [0.3, 0.4) is 0 Å². The first-order chi connectivity index (χ1) is 10.0. The second kappa shape index (κ2) is 5.54. The van der Waals surface area contributed by atoms with Crippen LogP contribution in [0.5, 0.6) is 0 Å². The standard InChI is InChI=1S/C16H23N3OS/c1-10-5-4-6-16(7-10,8-20)19-14-13-11(2)12(3)21-15(13)18-9-17-14/h9-10,20H,4-8H2,1-3H3,(H,17,18,19). The molecule has 1 aliphatic carbocycles. The van der Waals surface area contributed by atoms with E-state index in [1.165, 1.54) is 16.9 Å². The summed E-state index contributed by atoms with van der Waals surface area (Å²) in [5.41, 5.74) is 1.01. The highest BCUT2D eigenvalue weighted by Crippen LogP contribution is 2.38. The predicted octanol–water partition coefficient (Wildman–Crippen LogP) is 3.66. The molecule has 0 aromatic carbocycles. The van der Waals surface area contributed by atoms with Gasteiger partial charge in [-0.05, 0) is 38.2 Å². The van der Waals surface area contributed by atoms with E-state index >= 15 is 0 Å². The van der Waals surface area contributed by atoms with Gasteiger partial charge in [0.2, 0.25) is 0 Å². The molecule has 0 radical (unpaired) electrons. The predicted molar refractivity (Wildman–Crippen MR) is 88.0 cm³/mol. The zero-order chi connectivity index (χ0) is 15.0. The molecule has 3 rings (SSSR count). The van der Waals surface area contributed by atoms with Gasteiger partial charge in [0.25, 0.3) is 0 Å². The van der Waals surface area contributed by atoms with Crippen LogP contribution in [-0.2, 0) is 0 Å². The van der Waals surface area contributed by atoms with Gasteiger partial charge in [-0.15, -0.1) is 11.3 Å². The number of aliphatic hydroxyl groups excluding tert-OH is 1. The van der Waals surface area contributed by atoms with E-state index in [-0.39, 0.29) is 12.1 Å². The normalized spacial score (nSPS) is 26.2. The molecular formula is C16H23N3OS. The van der Waals surface area contributed by atoms with Crippen LogP contribution in [0.25, 0.3) is 10.2 Å². The number of anilines is 1. The molecule has 0 saturated heterocycles. The Labute approximate surface area is 129 Å². The van der Waals surface area contributed by atoms with Gasteiger partial charge >= 0.3 is 0 Å². The van der Waals surface area contributed by atoms with E-state index in [0.717, 1.165) is 35.3 Å². The molecule has 5 heteroatoms. The number of hydrogen-bond donors (Lipinski definition) is 2. The molecule has 0 aliphatic heterocycles. The molecule has 0 amide bonds. The van der Waals surface area contributed by atoms with Crippen LogP contribution in [0.4, 0.5) is 5.82 Å². The summed E-state index contributed by atoms with van der Waals surface area (Å²) in [6.45, 7) is 6.67. The van der Waals surface area contributed by atoms with Gasteiger partial charge in [0, 0.05) is 4.88 Å². The number of rotatable bonds is 3. The Kier molecular flexibility index (Phi) is 3.88. The van der Waals surface area contributed by atoms with Crippen molar-refractivity contribution in [3.8, 4) is 0 Å². The molecule has 0 spiro atoms. The lowest BCUT2D eigenvalue weighted by molar-refractivity contribution is 0.149. The summed E-state index contributed by atoms with van der Waals surface area (Å²) < 4.78 is 0. The van der Waals surface area contributed by atoms with E-state index in [4.69, 9.17) is 0 Å². The van der Waals surface area contributed by atoms with E-state index in [1.807, 2.05) is 0 Å². The first kappa shape index (κ1) is 14.7. The Bertz CT molecular complexity index is 654. The zero-order valence-electron chi connectivity index (χ0n) is 12.9. The Morgan fingerprint density at radius 1 is 1.43 bits per heavy atom. The summed E-state index contributed by atoms with van der Waals surface area (Å²) in [6.07, 6.45) is 6.03. The molecule has 2 aromatic heterocycles. The Morgan fingerprint density at radius 2 is 2.24 bits per heavy atom. The second-order valence-corrected chi connectivity index (χ2v) is 7.65. The number of aliphatic hydroxyl groups is 1. The van der Waals surface area contributed by atoms with Crippen LogP contribution in [0, 0.1) is 19.8 Å². The van der Waals surface area contributed by atoms with Crippen LogP contribution in [0.1, 0.15) is 43.0 Å². The molecule has 2 heterocycles. The van der Waals surface area contributed by atoms with Crippen molar-refractivity contribution in [3.05, 3.63) is 16.8 Å². The number of nitrogens with zero attached hydrogens (tertiary/aromatic N) is 2. The maximum atomic E-state index is 9.96. The number of fused-ring (bicyclic) bond motifs is 1. The largest absolute Gasteiger partial charge is 0.394 e. The lowest BCUT2D eigenvalue weighted by Gasteiger charge is -2.40. The number of thiophene rings is 1. The smallest absolute Gasteiger partial charge is 0.138 e. The van der Waals surface area contributed by atoms with Crippen molar-refractivity contribution in [2.75, 3.05) is 11.9 Å². The fourth-order valence-electron chi connectivity index (χ4n) is 3.49. The maximum absolute atomic E-state index is 9.96. The number of aromatic nitrogens is 2. The van der Waals surface area contributed by atoms with E-state index in [2.05, 4.69) is 36.1 Å². The van der Waals surface area contributed by atoms with Gasteiger partial charge in [-0.2, -0.15) is 0 Å². The minimum absolute atomic E-state index is 0.158. The average Bonchev–Trinajstić information content (AvgIpc) is 2.75. The van der Waals surface area contributed by atoms with Crippen molar-refractivity contribution >= 4 is 27.4 Å².